The Hall–Kier alpha value is -0.980. The Kier molecular flexibility index (Phi) is 4.28. The lowest BCUT2D eigenvalue weighted by Gasteiger charge is -2.13. The molecular weight excluding hydrogens is 291 g/mol. The van der Waals surface area contributed by atoms with Crippen LogP contribution in [0.25, 0.3) is 0 Å². The summed E-state index contributed by atoms with van der Waals surface area (Å²) in [6.07, 6.45) is 6.07. The zero-order valence-electron chi connectivity index (χ0n) is 11.9. The van der Waals surface area contributed by atoms with Gasteiger partial charge in [-0.3, -0.25) is 0 Å². The van der Waals surface area contributed by atoms with Gasteiger partial charge in [0.1, 0.15) is 10.7 Å². The lowest BCUT2D eigenvalue weighted by molar-refractivity contribution is 0.535. The fourth-order valence-corrected chi connectivity index (χ4v) is 4.11. The first-order valence-electron chi connectivity index (χ1n) is 7.59. The first kappa shape index (κ1) is 14.9. The van der Waals surface area contributed by atoms with Crippen molar-refractivity contribution in [3.05, 3.63) is 29.6 Å². The van der Waals surface area contributed by atoms with Crippen LogP contribution in [0.3, 0.4) is 0 Å². The van der Waals surface area contributed by atoms with Gasteiger partial charge in [0.15, 0.2) is 0 Å². The third kappa shape index (κ3) is 3.81. The fraction of sp³-hybridized carbons (Fsp3) is 0.600. The maximum absolute atomic E-state index is 14.1. The topological polar surface area (TPSA) is 58.2 Å². The molecule has 1 aromatic carbocycles. The quantitative estimate of drug-likeness (QED) is 0.847. The molecule has 4 nitrogen and oxygen atoms in total. The van der Waals surface area contributed by atoms with Crippen molar-refractivity contribution >= 4 is 10.0 Å². The minimum atomic E-state index is -3.76. The van der Waals surface area contributed by atoms with E-state index in [1.54, 1.807) is 6.07 Å². The molecule has 1 aromatic rings. The van der Waals surface area contributed by atoms with E-state index in [2.05, 4.69) is 10.0 Å². The highest BCUT2D eigenvalue weighted by Crippen LogP contribution is 2.23. The first-order valence-corrected chi connectivity index (χ1v) is 9.07. The van der Waals surface area contributed by atoms with Crippen molar-refractivity contribution in [3.63, 3.8) is 0 Å². The van der Waals surface area contributed by atoms with Crippen LogP contribution in [0.1, 0.15) is 44.1 Å². The molecule has 6 heteroatoms. The molecule has 0 saturated heterocycles. The minimum absolute atomic E-state index is 0.0504. The number of sulfonamides is 1. The van der Waals surface area contributed by atoms with Crippen molar-refractivity contribution in [2.45, 2.75) is 62.0 Å². The molecule has 2 aliphatic rings. The smallest absolute Gasteiger partial charge is 0.243 e. The number of benzene rings is 1. The standard InChI is InChI=1S/C15H21FN2O2S/c16-14-9-11(10-17-12-6-7-12)5-8-15(14)21(19,20)18-13-3-1-2-4-13/h5,8-9,12-13,17-18H,1-4,6-7,10H2. The van der Waals surface area contributed by atoms with Gasteiger partial charge in [-0.15, -0.1) is 0 Å². The Balaban J connectivity index is 1.70. The summed E-state index contributed by atoms with van der Waals surface area (Å²) in [5.74, 6) is -0.671. The molecule has 2 saturated carbocycles. The maximum Gasteiger partial charge on any atom is 0.243 e. The Labute approximate surface area is 125 Å². The molecule has 2 N–H and O–H groups in total. The van der Waals surface area contributed by atoms with Gasteiger partial charge in [0, 0.05) is 18.6 Å². The van der Waals surface area contributed by atoms with Gasteiger partial charge in [0.25, 0.3) is 0 Å². The summed E-state index contributed by atoms with van der Waals surface area (Å²) in [4.78, 5) is -0.246. The maximum atomic E-state index is 14.1. The molecule has 116 valence electrons. The monoisotopic (exact) mass is 312 g/mol. The predicted molar refractivity (Wildman–Crippen MR) is 78.8 cm³/mol. The van der Waals surface area contributed by atoms with E-state index >= 15 is 0 Å². The van der Waals surface area contributed by atoms with Gasteiger partial charge in [-0.2, -0.15) is 0 Å². The molecule has 0 radical (unpaired) electrons. The fourth-order valence-electron chi connectivity index (χ4n) is 2.75. The van der Waals surface area contributed by atoms with Gasteiger partial charge in [0.2, 0.25) is 10.0 Å². The highest BCUT2D eigenvalue weighted by Gasteiger charge is 2.25. The molecule has 2 aliphatic carbocycles. The molecule has 0 spiro atoms. The van der Waals surface area contributed by atoms with Crippen LogP contribution in [-0.4, -0.2) is 20.5 Å². The molecule has 2 fully saturated rings. The second-order valence-corrected chi connectivity index (χ2v) is 7.71. The summed E-state index contributed by atoms with van der Waals surface area (Å²) in [7, 11) is -3.76. The summed E-state index contributed by atoms with van der Waals surface area (Å²) in [6, 6.07) is 4.86. The molecule has 0 unspecified atom stereocenters. The molecule has 0 heterocycles. The van der Waals surface area contributed by atoms with Crippen molar-refractivity contribution in [1.29, 1.82) is 0 Å². The summed E-state index contributed by atoms with van der Waals surface area (Å²) in [5, 5.41) is 3.29. The summed E-state index contributed by atoms with van der Waals surface area (Å²) < 4.78 is 41.2. The number of nitrogens with one attached hydrogen (secondary N) is 2. The highest BCUT2D eigenvalue weighted by atomic mass is 32.2. The normalized spacial score (nSPS) is 20.0. The largest absolute Gasteiger partial charge is 0.310 e. The van der Waals surface area contributed by atoms with Crippen LogP contribution in [0, 0.1) is 5.82 Å². The van der Waals surface area contributed by atoms with Gasteiger partial charge in [0.05, 0.1) is 0 Å². The lowest BCUT2D eigenvalue weighted by Crippen LogP contribution is -2.33. The van der Waals surface area contributed by atoms with E-state index < -0.39 is 15.8 Å². The van der Waals surface area contributed by atoms with Crippen molar-refractivity contribution < 1.29 is 12.8 Å². The van der Waals surface area contributed by atoms with Gasteiger partial charge in [-0.05, 0) is 43.4 Å². The highest BCUT2D eigenvalue weighted by molar-refractivity contribution is 7.89. The lowest BCUT2D eigenvalue weighted by atomic mass is 10.2. The van der Waals surface area contributed by atoms with Crippen LogP contribution >= 0.6 is 0 Å². The van der Waals surface area contributed by atoms with Crippen molar-refractivity contribution in [1.82, 2.24) is 10.0 Å². The van der Waals surface area contributed by atoms with Gasteiger partial charge < -0.3 is 5.32 Å². The molecule has 0 aliphatic heterocycles. The average Bonchev–Trinajstić information content (AvgIpc) is 3.13. The Morgan fingerprint density at radius 3 is 2.43 bits per heavy atom. The van der Waals surface area contributed by atoms with Crippen molar-refractivity contribution in [2.75, 3.05) is 0 Å². The van der Waals surface area contributed by atoms with Crippen molar-refractivity contribution in [3.8, 4) is 0 Å². The number of hydrogen-bond acceptors (Lipinski definition) is 3. The number of halogens is 1. The summed E-state index contributed by atoms with van der Waals surface area (Å²) in [6.45, 7) is 0.581. The average molecular weight is 312 g/mol. The second kappa shape index (κ2) is 6.02. The van der Waals surface area contributed by atoms with Gasteiger partial charge >= 0.3 is 0 Å². The summed E-state index contributed by atoms with van der Waals surface area (Å²) in [5.41, 5.74) is 0.777. The number of rotatable bonds is 6. The van der Waals surface area contributed by atoms with Gasteiger partial charge in [-0.25, -0.2) is 17.5 Å². The van der Waals surface area contributed by atoms with Crippen LogP contribution in [0.4, 0.5) is 4.39 Å². The van der Waals surface area contributed by atoms with E-state index in [1.165, 1.54) is 25.0 Å². The van der Waals surface area contributed by atoms with E-state index in [4.69, 9.17) is 0 Å². The van der Waals surface area contributed by atoms with E-state index in [0.717, 1.165) is 31.2 Å². The third-order valence-electron chi connectivity index (χ3n) is 4.14. The van der Waals surface area contributed by atoms with E-state index in [9.17, 15) is 12.8 Å². The van der Waals surface area contributed by atoms with Crippen LogP contribution in [-0.2, 0) is 16.6 Å². The zero-order chi connectivity index (χ0) is 14.9. The Morgan fingerprint density at radius 1 is 1.10 bits per heavy atom. The molecule has 21 heavy (non-hydrogen) atoms. The minimum Gasteiger partial charge on any atom is -0.310 e. The van der Waals surface area contributed by atoms with E-state index in [0.29, 0.717) is 12.6 Å². The van der Waals surface area contributed by atoms with E-state index in [1.807, 2.05) is 0 Å². The Bertz CT molecular complexity index is 608. The Morgan fingerprint density at radius 2 is 1.81 bits per heavy atom. The molecular formula is C15H21FN2O2S. The summed E-state index contributed by atoms with van der Waals surface area (Å²) >= 11 is 0. The van der Waals surface area contributed by atoms with Crippen LogP contribution in [0.5, 0.6) is 0 Å². The van der Waals surface area contributed by atoms with Crippen LogP contribution in [0.15, 0.2) is 23.1 Å². The number of hydrogen-bond donors (Lipinski definition) is 2. The van der Waals surface area contributed by atoms with Gasteiger partial charge in [-0.1, -0.05) is 18.9 Å². The van der Waals surface area contributed by atoms with E-state index in [-0.39, 0.29) is 10.9 Å². The van der Waals surface area contributed by atoms with Crippen LogP contribution < -0.4 is 10.0 Å². The molecule has 3 rings (SSSR count). The third-order valence-corrected chi connectivity index (χ3v) is 5.69. The molecule has 0 bridgehead atoms. The van der Waals surface area contributed by atoms with Crippen LogP contribution in [0.2, 0.25) is 0 Å². The molecule has 0 amide bonds. The predicted octanol–water partition coefficient (Wildman–Crippen LogP) is 2.30. The zero-order valence-corrected chi connectivity index (χ0v) is 12.8. The molecule has 0 atom stereocenters. The second-order valence-electron chi connectivity index (χ2n) is 6.02. The van der Waals surface area contributed by atoms with Crippen molar-refractivity contribution in [2.24, 2.45) is 0 Å². The SMILES string of the molecule is O=S(=O)(NC1CCCC1)c1ccc(CNC2CC2)cc1F. The first-order chi connectivity index (χ1) is 10.0. The molecule has 0 aromatic heterocycles.